The summed E-state index contributed by atoms with van der Waals surface area (Å²) in [7, 11) is 0. The molecular formula is C22H18N2O4. The fourth-order valence-electron chi connectivity index (χ4n) is 3.54. The van der Waals surface area contributed by atoms with E-state index in [4.69, 9.17) is 0 Å². The quantitative estimate of drug-likeness (QED) is 0.696. The molecule has 3 aromatic rings. The summed E-state index contributed by atoms with van der Waals surface area (Å²) in [6.07, 6.45) is 1.72. The van der Waals surface area contributed by atoms with Crippen LogP contribution in [0.5, 0.6) is 0 Å². The first-order valence-electron chi connectivity index (χ1n) is 8.94. The molecular weight excluding hydrogens is 356 g/mol. The highest BCUT2D eigenvalue weighted by Gasteiger charge is 2.43. The SMILES string of the molecule is O=C1c2ccccc2C(=O)N1[C@H](Cc1ccccc1)C(=O)n1cccc1CO. The molecule has 1 atom stereocenters. The maximum atomic E-state index is 13.3. The van der Waals surface area contributed by atoms with Gasteiger partial charge in [-0.3, -0.25) is 23.9 Å². The molecule has 6 heteroatoms. The second-order valence-corrected chi connectivity index (χ2v) is 6.60. The van der Waals surface area contributed by atoms with Gasteiger partial charge in [-0.1, -0.05) is 42.5 Å². The van der Waals surface area contributed by atoms with Crippen molar-refractivity contribution in [2.24, 2.45) is 0 Å². The minimum atomic E-state index is -1.02. The monoisotopic (exact) mass is 374 g/mol. The molecule has 0 fully saturated rings. The minimum Gasteiger partial charge on any atom is -0.390 e. The summed E-state index contributed by atoms with van der Waals surface area (Å²) in [5.74, 6) is -1.40. The Morgan fingerprint density at radius 2 is 1.46 bits per heavy atom. The molecule has 0 spiro atoms. The van der Waals surface area contributed by atoms with Crippen LogP contribution in [-0.2, 0) is 13.0 Å². The molecule has 0 saturated heterocycles. The van der Waals surface area contributed by atoms with Gasteiger partial charge in [0.15, 0.2) is 0 Å². The Hall–Kier alpha value is -3.51. The first-order chi connectivity index (χ1) is 13.6. The maximum Gasteiger partial charge on any atom is 0.262 e. The molecule has 2 aromatic carbocycles. The Morgan fingerprint density at radius 1 is 0.857 bits per heavy atom. The Labute approximate surface area is 161 Å². The predicted molar refractivity (Wildman–Crippen MR) is 102 cm³/mol. The van der Waals surface area contributed by atoms with E-state index in [9.17, 15) is 19.5 Å². The predicted octanol–water partition coefficient (Wildman–Crippen LogP) is 2.53. The topological polar surface area (TPSA) is 79.6 Å². The molecule has 0 saturated carbocycles. The largest absolute Gasteiger partial charge is 0.390 e. The van der Waals surface area contributed by atoms with Gasteiger partial charge in [-0.25, -0.2) is 0 Å². The van der Waals surface area contributed by atoms with E-state index in [1.165, 1.54) is 10.8 Å². The van der Waals surface area contributed by atoms with Gasteiger partial charge in [0.25, 0.3) is 17.7 Å². The lowest BCUT2D eigenvalue weighted by molar-refractivity contribution is 0.0510. The Bertz CT molecular complexity index is 1020. The van der Waals surface area contributed by atoms with Crippen LogP contribution in [0.25, 0.3) is 0 Å². The highest BCUT2D eigenvalue weighted by molar-refractivity contribution is 6.23. The van der Waals surface area contributed by atoms with E-state index < -0.39 is 23.8 Å². The third kappa shape index (κ3) is 2.93. The number of aromatic nitrogens is 1. The van der Waals surface area contributed by atoms with E-state index in [1.807, 2.05) is 30.3 Å². The molecule has 1 aliphatic heterocycles. The molecule has 0 radical (unpaired) electrons. The third-order valence-corrected chi connectivity index (χ3v) is 4.93. The number of aliphatic hydroxyl groups is 1. The molecule has 0 unspecified atom stereocenters. The van der Waals surface area contributed by atoms with Gasteiger partial charge in [-0.2, -0.15) is 0 Å². The summed E-state index contributed by atoms with van der Waals surface area (Å²) in [4.78, 5) is 40.3. The maximum absolute atomic E-state index is 13.3. The molecule has 1 aliphatic rings. The molecule has 4 rings (SSSR count). The number of carbonyl (C=O) groups excluding carboxylic acids is 3. The third-order valence-electron chi connectivity index (χ3n) is 4.93. The Balaban J connectivity index is 1.77. The summed E-state index contributed by atoms with van der Waals surface area (Å²) in [6, 6.07) is 18.1. The van der Waals surface area contributed by atoms with Crippen molar-refractivity contribution in [1.29, 1.82) is 0 Å². The number of carbonyl (C=O) groups is 3. The lowest BCUT2D eigenvalue weighted by Gasteiger charge is -2.26. The molecule has 2 heterocycles. The van der Waals surface area contributed by atoms with Gasteiger partial charge >= 0.3 is 0 Å². The number of benzene rings is 2. The van der Waals surface area contributed by atoms with E-state index in [-0.39, 0.29) is 13.0 Å². The summed E-state index contributed by atoms with van der Waals surface area (Å²) < 4.78 is 1.30. The number of hydrogen-bond donors (Lipinski definition) is 1. The summed E-state index contributed by atoms with van der Waals surface area (Å²) >= 11 is 0. The van der Waals surface area contributed by atoms with Crippen molar-refractivity contribution in [2.75, 3.05) is 0 Å². The number of aliphatic hydroxyl groups excluding tert-OH is 1. The average molecular weight is 374 g/mol. The zero-order chi connectivity index (χ0) is 19.7. The Kier molecular flexibility index (Phi) is 4.63. The normalized spacial score (nSPS) is 14.2. The van der Waals surface area contributed by atoms with Gasteiger partial charge in [0, 0.05) is 12.6 Å². The smallest absolute Gasteiger partial charge is 0.262 e. The number of rotatable bonds is 5. The van der Waals surface area contributed by atoms with Crippen molar-refractivity contribution in [3.63, 3.8) is 0 Å². The average Bonchev–Trinajstić information content (AvgIpc) is 3.30. The van der Waals surface area contributed by atoms with E-state index in [0.717, 1.165) is 10.5 Å². The number of imide groups is 1. The molecule has 1 N–H and O–H groups in total. The first kappa shape index (κ1) is 17.9. The first-order valence-corrected chi connectivity index (χ1v) is 8.94. The fraction of sp³-hybridized carbons (Fsp3) is 0.136. The highest BCUT2D eigenvalue weighted by Crippen LogP contribution is 2.27. The van der Waals surface area contributed by atoms with Crippen molar-refractivity contribution < 1.29 is 19.5 Å². The van der Waals surface area contributed by atoms with Crippen molar-refractivity contribution in [1.82, 2.24) is 9.47 Å². The zero-order valence-electron chi connectivity index (χ0n) is 15.0. The van der Waals surface area contributed by atoms with Crippen LogP contribution in [0.2, 0.25) is 0 Å². The molecule has 0 aliphatic carbocycles. The molecule has 2 amide bonds. The van der Waals surface area contributed by atoms with Crippen LogP contribution < -0.4 is 0 Å². The van der Waals surface area contributed by atoms with E-state index in [1.54, 1.807) is 36.4 Å². The fourth-order valence-corrected chi connectivity index (χ4v) is 3.54. The van der Waals surface area contributed by atoms with Crippen molar-refractivity contribution in [3.8, 4) is 0 Å². The van der Waals surface area contributed by atoms with E-state index in [0.29, 0.717) is 16.8 Å². The number of fused-ring (bicyclic) bond motifs is 1. The van der Waals surface area contributed by atoms with Gasteiger partial charge in [0.2, 0.25) is 0 Å². The molecule has 140 valence electrons. The van der Waals surface area contributed by atoms with Gasteiger partial charge in [-0.15, -0.1) is 0 Å². The van der Waals surface area contributed by atoms with Crippen LogP contribution >= 0.6 is 0 Å². The van der Waals surface area contributed by atoms with Crippen LogP contribution in [0.1, 0.15) is 36.8 Å². The highest BCUT2D eigenvalue weighted by atomic mass is 16.3. The van der Waals surface area contributed by atoms with Gasteiger partial charge in [-0.05, 0) is 29.8 Å². The Morgan fingerprint density at radius 3 is 2.07 bits per heavy atom. The van der Waals surface area contributed by atoms with Crippen LogP contribution in [0, 0.1) is 0 Å². The summed E-state index contributed by atoms with van der Waals surface area (Å²) in [6.45, 7) is -0.321. The van der Waals surface area contributed by atoms with Crippen LogP contribution in [-0.4, -0.2) is 38.3 Å². The van der Waals surface area contributed by atoms with E-state index >= 15 is 0 Å². The van der Waals surface area contributed by atoms with Crippen molar-refractivity contribution in [3.05, 3.63) is 95.3 Å². The zero-order valence-corrected chi connectivity index (χ0v) is 15.0. The second kappa shape index (κ2) is 7.25. The molecule has 28 heavy (non-hydrogen) atoms. The number of nitrogens with zero attached hydrogens (tertiary/aromatic N) is 2. The molecule has 1 aromatic heterocycles. The second-order valence-electron chi connectivity index (χ2n) is 6.60. The van der Waals surface area contributed by atoms with Gasteiger partial charge in [0.1, 0.15) is 6.04 Å². The molecule has 0 bridgehead atoms. The minimum absolute atomic E-state index is 0.189. The van der Waals surface area contributed by atoms with E-state index in [2.05, 4.69) is 0 Å². The number of amides is 2. The van der Waals surface area contributed by atoms with Gasteiger partial charge in [0.05, 0.1) is 23.4 Å². The van der Waals surface area contributed by atoms with Gasteiger partial charge < -0.3 is 5.11 Å². The lowest BCUT2D eigenvalue weighted by Crippen LogP contribution is -2.48. The number of hydrogen-bond acceptors (Lipinski definition) is 4. The van der Waals surface area contributed by atoms with Crippen molar-refractivity contribution in [2.45, 2.75) is 19.1 Å². The summed E-state index contributed by atoms with van der Waals surface area (Å²) in [5.41, 5.74) is 1.83. The molecule has 6 nitrogen and oxygen atoms in total. The standard InChI is InChI=1S/C22H18N2O4/c25-14-16-9-6-12-23(16)22(28)19(13-15-7-2-1-3-8-15)24-20(26)17-10-4-5-11-18(17)21(24)27/h1-12,19,25H,13-14H2/t19-/m1/s1. The van der Waals surface area contributed by atoms with Crippen LogP contribution in [0.15, 0.2) is 72.9 Å². The van der Waals surface area contributed by atoms with Crippen LogP contribution in [0.3, 0.4) is 0 Å². The van der Waals surface area contributed by atoms with Crippen LogP contribution in [0.4, 0.5) is 0 Å². The lowest BCUT2D eigenvalue weighted by atomic mass is 10.0. The van der Waals surface area contributed by atoms with Crippen molar-refractivity contribution >= 4 is 17.7 Å². The summed E-state index contributed by atoms with van der Waals surface area (Å²) in [5, 5.41) is 9.52.